The normalized spacial score (nSPS) is 16.7. The van der Waals surface area contributed by atoms with E-state index in [1.807, 2.05) is 20.0 Å². The molecular weight excluding hydrogens is 292 g/mol. The Balaban J connectivity index is 1.99. The summed E-state index contributed by atoms with van der Waals surface area (Å²) in [5.74, 6) is 1.98. The van der Waals surface area contributed by atoms with Gasteiger partial charge in [-0.15, -0.1) is 0 Å². The van der Waals surface area contributed by atoms with Crippen molar-refractivity contribution in [3.63, 3.8) is 0 Å². The Hall–Kier alpha value is -2.57. The molecular formula is C16H22N6O. The minimum Gasteiger partial charge on any atom is -0.496 e. The number of methoxy groups -OCH3 is 1. The van der Waals surface area contributed by atoms with Crippen molar-refractivity contribution >= 4 is 17.5 Å². The number of rotatable bonds is 3. The third-order valence-electron chi connectivity index (χ3n) is 4.25. The van der Waals surface area contributed by atoms with E-state index in [4.69, 9.17) is 10.5 Å². The molecule has 23 heavy (non-hydrogen) atoms. The van der Waals surface area contributed by atoms with Gasteiger partial charge in [0.15, 0.2) is 5.82 Å². The Morgan fingerprint density at radius 1 is 1.35 bits per heavy atom. The van der Waals surface area contributed by atoms with E-state index in [1.165, 1.54) is 0 Å². The third kappa shape index (κ3) is 2.74. The Morgan fingerprint density at radius 2 is 2.13 bits per heavy atom. The van der Waals surface area contributed by atoms with Crippen molar-refractivity contribution in [3.8, 4) is 5.75 Å². The van der Waals surface area contributed by atoms with Gasteiger partial charge in [0.1, 0.15) is 5.75 Å². The van der Waals surface area contributed by atoms with Crippen LogP contribution in [0.4, 0.5) is 17.5 Å². The molecule has 0 saturated heterocycles. The summed E-state index contributed by atoms with van der Waals surface area (Å²) in [7, 11) is 1.69. The van der Waals surface area contributed by atoms with E-state index >= 15 is 0 Å². The van der Waals surface area contributed by atoms with Crippen LogP contribution < -0.4 is 20.7 Å². The molecule has 0 aliphatic carbocycles. The molecule has 0 fully saturated rings. The van der Waals surface area contributed by atoms with Crippen molar-refractivity contribution in [3.05, 3.63) is 29.2 Å². The number of fused-ring (bicyclic) bond motifs is 1. The van der Waals surface area contributed by atoms with Gasteiger partial charge in [-0.2, -0.15) is 4.98 Å². The zero-order valence-corrected chi connectivity index (χ0v) is 13.9. The average Bonchev–Trinajstić information content (AvgIpc) is 2.53. The van der Waals surface area contributed by atoms with Crippen LogP contribution in [0.25, 0.3) is 0 Å². The smallest absolute Gasteiger partial charge is 0.222 e. The number of pyridine rings is 1. The van der Waals surface area contributed by atoms with Gasteiger partial charge in [0, 0.05) is 29.9 Å². The predicted octanol–water partition coefficient (Wildman–Crippen LogP) is 1.90. The highest BCUT2D eigenvalue weighted by molar-refractivity contribution is 5.69. The van der Waals surface area contributed by atoms with E-state index in [1.54, 1.807) is 13.3 Å². The molecule has 0 bridgehead atoms. The van der Waals surface area contributed by atoms with E-state index in [-0.39, 0.29) is 12.0 Å². The minimum absolute atomic E-state index is 0.269. The van der Waals surface area contributed by atoms with Crippen LogP contribution in [0.2, 0.25) is 0 Å². The summed E-state index contributed by atoms with van der Waals surface area (Å²) in [6, 6.07) is 0.269. The fourth-order valence-corrected chi connectivity index (χ4v) is 2.93. The summed E-state index contributed by atoms with van der Waals surface area (Å²) in [5.41, 5.74) is 9.73. The van der Waals surface area contributed by atoms with Gasteiger partial charge < -0.3 is 20.7 Å². The molecule has 0 unspecified atom stereocenters. The number of hydrogen-bond donors (Lipinski definition) is 2. The first-order valence-corrected chi connectivity index (χ1v) is 7.63. The van der Waals surface area contributed by atoms with Crippen LogP contribution in [0.5, 0.6) is 5.75 Å². The van der Waals surface area contributed by atoms with Gasteiger partial charge in [0.2, 0.25) is 5.95 Å². The molecule has 0 radical (unpaired) electrons. The summed E-state index contributed by atoms with van der Waals surface area (Å²) < 4.78 is 5.50. The maximum Gasteiger partial charge on any atom is 0.222 e. The number of nitrogen functional groups attached to an aromatic ring is 1. The first-order chi connectivity index (χ1) is 11.0. The van der Waals surface area contributed by atoms with Gasteiger partial charge >= 0.3 is 0 Å². The summed E-state index contributed by atoms with van der Waals surface area (Å²) in [6.07, 6.45) is 3.58. The summed E-state index contributed by atoms with van der Waals surface area (Å²) in [5, 5.41) is 3.33. The lowest BCUT2D eigenvalue weighted by molar-refractivity contribution is 0.406. The van der Waals surface area contributed by atoms with Gasteiger partial charge in [0.25, 0.3) is 0 Å². The van der Waals surface area contributed by atoms with Gasteiger partial charge in [0.05, 0.1) is 31.2 Å². The maximum atomic E-state index is 5.77. The summed E-state index contributed by atoms with van der Waals surface area (Å²) in [6.45, 7) is 7.65. The number of hydrogen-bond acceptors (Lipinski definition) is 7. The minimum atomic E-state index is 0.269. The van der Waals surface area contributed by atoms with Crippen molar-refractivity contribution in [1.82, 2.24) is 15.0 Å². The molecule has 1 aliphatic rings. The second-order valence-corrected chi connectivity index (χ2v) is 5.87. The van der Waals surface area contributed by atoms with Crippen molar-refractivity contribution in [1.29, 1.82) is 0 Å². The molecule has 7 heteroatoms. The monoisotopic (exact) mass is 314 g/mol. The maximum absolute atomic E-state index is 5.77. The largest absolute Gasteiger partial charge is 0.496 e. The molecule has 1 aliphatic heterocycles. The number of anilines is 3. The van der Waals surface area contributed by atoms with Gasteiger partial charge in [-0.25, -0.2) is 4.98 Å². The zero-order valence-electron chi connectivity index (χ0n) is 13.9. The van der Waals surface area contributed by atoms with Gasteiger partial charge in [-0.05, 0) is 20.8 Å². The Morgan fingerprint density at radius 3 is 2.87 bits per heavy atom. The molecule has 122 valence electrons. The number of aryl methyl sites for hydroxylation is 1. The zero-order chi connectivity index (χ0) is 16.6. The molecule has 2 aromatic heterocycles. The summed E-state index contributed by atoms with van der Waals surface area (Å²) >= 11 is 0. The van der Waals surface area contributed by atoms with Crippen LogP contribution in [0.3, 0.4) is 0 Å². The molecule has 0 spiro atoms. The fourth-order valence-electron chi connectivity index (χ4n) is 2.93. The second kappa shape index (κ2) is 5.91. The van der Waals surface area contributed by atoms with E-state index < -0.39 is 0 Å². The number of aromatic nitrogens is 3. The molecule has 3 N–H and O–H groups in total. The first kappa shape index (κ1) is 15.3. The molecule has 3 rings (SSSR count). The predicted molar refractivity (Wildman–Crippen MR) is 90.8 cm³/mol. The molecule has 0 amide bonds. The third-order valence-corrected chi connectivity index (χ3v) is 4.25. The van der Waals surface area contributed by atoms with Crippen molar-refractivity contribution in [2.24, 2.45) is 0 Å². The topological polar surface area (TPSA) is 89.2 Å². The lowest BCUT2D eigenvalue weighted by atomic mass is 10.1. The van der Waals surface area contributed by atoms with Gasteiger partial charge in [-0.3, -0.25) is 4.98 Å². The fraction of sp³-hybridized carbons (Fsp3) is 0.438. The first-order valence-electron chi connectivity index (χ1n) is 7.63. The van der Waals surface area contributed by atoms with E-state index in [2.05, 4.69) is 32.1 Å². The molecule has 7 nitrogen and oxygen atoms in total. The quantitative estimate of drug-likeness (QED) is 0.894. The second-order valence-electron chi connectivity index (χ2n) is 5.87. The summed E-state index contributed by atoms with van der Waals surface area (Å²) in [4.78, 5) is 15.3. The van der Waals surface area contributed by atoms with Crippen molar-refractivity contribution in [2.75, 3.05) is 29.6 Å². The number of ether oxygens (including phenoxy) is 1. The number of nitrogens with one attached hydrogen (secondary N) is 1. The Bertz CT molecular complexity index is 733. The highest BCUT2D eigenvalue weighted by atomic mass is 16.5. The highest BCUT2D eigenvalue weighted by Crippen LogP contribution is 2.32. The van der Waals surface area contributed by atoms with Crippen LogP contribution in [0, 0.1) is 13.8 Å². The average molecular weight is 314 g/mol. The van der Waals surface area contributed by atoms with Crippen LogP contribution in [0.1, 0.15) is 23.7 Å². The molecule has 3 heterocycles. The standard InChI is InChI=1S/C16H22N6O/c1-9-5-18-13(11(3)14(9)23-4)8-22-10(2)6-19-12-7-20-16(17)21-15(12)22/h5,7,10,19H,6,8H2,1-4H3,(H2,17,20,21)/t10-/m1/s1. The van der Waals surface area contributed by atoms with Crippen molar-refractivity contribution in [2.45, 2.75) is 33.4 Å². The van der Waals surface area contributed by atoms with Crippen LogP contribution in [0.15, 0.2) is 12.4 Å². The van der Waals surface area contributed by atoms with Gasteiger partial charge in [-0.1, -0.05) is 0 Å². The molecule has 2 aromatic rings. The number of nitrogens with zero attached hydrogens (tertiary/aromatic N) is 4. The Kier molecular flexibility index (Phi) is 3.94. The van der Waals surface area contributed by atoms with E-state index in [9.17, 15) is 0 Å². The lowest BCUT2D eigenvalue weighted by Gasteiger charge is -2.36. The van der Waals surface area contributed by atoms with E-state index in [0.29, 0.717) is 6.54 Å². The van der Waals surface area contributed by atoms with Crippen LogP contribution >= 0.6 is 0 Å². The lowest BCUT2D eigenvalue weighted by Crippen LogP contribution is -2.42. The highest BCUT2D eigenvalue weighted by Gasteiger charge is 2.26. The van der Waals surface area contributed by atoms with Crippen LogP contribution in [-0.4, -0.2) is 34.6 Å². The van der Waals surface area contributed by atoms with E-state index in [0.717, 1.165) is 40.6 Å². The molecule has 0 saturated carbocycles. The van der Waals surface area contributed by atoms with Crippen LogP contribution in [-0.2, 0) is 6.54 Å². The molecule has 1 atom stereocenters. The SMILES string of the molecule is COc1c(C)cnc(CN2c3nc(N)ncc3NC[C@H]2C)c1C. The number of nitrogens with two attached hydrogens (primary N) is 1. The Labute approximate surface area is 135 Å². The van der Waals surface area contributed by atoms with Crippen molar-refractivity contribution < 1.29 is 4.74 Å². The molecule has 0 aromatic carbocycles.